The number of carbonyl (C=O) groups excluding carboxylic acids is 4. The Morgan fingerprint density at radius 2 is 1.29 bits per heavy atom. The Labute approximate surface area is 162 Å². The largest absolute Gasteiger partial charge is 0.463 e. The summed E-state index contributed by atoms with van der Waals surface area (Å²) in [6.45, 7) is 4.45. The summed E-state index contributed by atoms with van der Waals surface area (Å²) in [6, 6.07) is 0. The fourth-order valence-corrected chi connectivity index (χ4v) is 2.79. The zero-order valence-corrected chi connectivity index (χ0v) is 16.7. The summed E-state index contributed by atoms with van der Waals surface area (Å²) in [5.41, 5.74) is 0. The van der Waals surface area contributed by atoms with Gasteiger partial charge in [0.2, 0.25) is 0 Å². The fourth-order valence-electron chi connectivity index (χ4n) is 2.79. The third-order valence-electron chi connectivity index (χ3n) is 3.79. The molecule has 6 atom stereocenters. The molecular weight excluding hydrogens is 380 g/mol. The Morgan fingerprint density at radius 3 is 1.71 bits per heavy atom. The standard InChI is InChI=1S/C17H26O11/c1-8(18)24-7-12(22-5)13-14(25-9(2)19)15(26-10(3)20)16(27-11(4)21)17(23-6)28-13/h12-17H,7H2,1-6H3/t12-,13-,14-,15+,16-,17-/m1/s1. The number of methoxy groups -OCH3 is 2. The zero-order chi connectivity index (χ0) is 21.4. The van der Waals surface area contributed by atoms with Crippen molar-refractivity contribution in [2.45, 2.75) is 64.5 Å². The molecule has 11 nitrogen and oxygen atoms in total. The average Bonchev–Trinajstić information content (AvgIpc) is 2.58. The van der Waals surface area contributed by atoms with Gasteiger partial charge in [-0.3, -0.25) is 19.2 Å². The van der Waals surface area contributed by atoms with Crippen molar-refractivity contribution >= 4 is 23.9 Å². The van der Waals surface area contributed by atoms with E-state index in [0.29, 0.717) is 0 Å². The molecule has 0 aromatic carbocycles. The number of hydrogen-bond donors (Lipinski definition) is 0. The SMILES string of the molecule is CO[C@@H]1O[C@H]([C@@H](COC(C)=O)OC)[C@@H](OC(C)=O)[C@H](OC(C)=O)[C@H]1OC(C)=O. The van der Waals surface area contributed by atoms with E-state index >= 15 is 0 Å². The maximum atomic E-state index is 11.7. The first kappa shape index (κ1) is 23.8. The van der Waals surface area contributed by atoms with E-state index in [0.717, 1.165) is 20.8 Å². The van der Waals surface area contributed by atoms with Crippen LogP contribution >= 0.6 is 0 Å². The molecule has 0 amide bonds. The van der Waals surface area contributed by atoms with E-state index in [1.54, 1.807) is 0 Å². The van der Waals surface area contributed by atoms with Gasteiger partial charge < -0.3 is 33.2 Å². The third-order valence-corrected chi connectivity index (χ3v) is 3.79. The Kier molecular flexibility index (Phi) is 9.29. The molecule has 0 aromatic rings. The topological polar surface area (TPSA) is 133 Å². The molecule has 0 saturated carbocycles. The molecule has 28 heavy (non-hydrogen) atoms. The van der Waals surface area contributed by atoms with Crippen molar-refractivity contribution < 1.29 is 52.3 Å². The van der Waals surface area contributed by atoms with E-state index < -0.39 is 60.7 Å². The molecule has 0 bridgehead atoms. The van der Waals surface area contributed by atoms with Gasteiger partial charge in [-0.1, -0.05) is 0 Å². The van der Waals surface area contributed by atoms with E-state index in [9.17, 15) is 19.2 Å². The first-order valence-corrected chi connectivity index (χ1v) is 8.46. The van der Waals surface area contributed by atoms with Gasteiger partial charge in [-0.25, -0.2) is 0 Å². The van der Waals surface area contributed by atoms with Crippen LogP contribution in [-0.2, 0) is 52.3 Å². The Bertz CT molecular complexity index is 573. The second kappa shape index (κ2) is 10.9. The molecule has 1 aliphatic heterocycles. The van der Waals surface area contributed by atoms with Crippen molar-refractivity contribution in [2.75, 3.05) is 20.8 Å². The molecule has 0 unspecified atom stereocenters. The minimum atomic E-state index is -1.25. The van der Waals surface area contributed by atoms with Crippen LogP contribution in [0.4, 0.5) is 0 Å². The van der Waals surface area contributed by atoms with Crippen molar-refractivity contribution in [3.8, 4) is 0 Å². The molecule has 0 aromatic heterocycles. The summed E-state index contributed by atoms with van der Waals surface area (Å²) in [4.78, 5) is 46.0. The van der Waals surface area contributed by atoms with Gasteiger partial charge in [-0.05, 0) is 0 Å². The first-order chi connectivity index (χ1) is 13.1. The first-order valence-electron chi connectivity index (χ1n) is 8.46. The van der Waals surface area contributed by atoms with Gasteiger partial charge in [0.15, 0.2) is 24.6 Å². The summed E-state index contributed by atoms with van der Waals surface area (Å²) in [5.74, 6) is -2.64. The van der Waals surface area contributed by atoms with Gasteiger partial charge in [-0.15, -0.1) is 0 Å². The molecule has 1 saturated heterocycles. The van der Waals surface area contributed by atoms with Crippen LogP contribution in [0.5, 0.6) is 0 Å². The number of rotatable bonds is 8. The van der Waals surface area contributed by atoms with Gasteiger partial charge in [0.05, 0.1) is 0 Å². The van der Waals surface area contributed by atoms with Crippen LogP contribution in [0.15, 0.2) is 0 Å². The minimum absolute atomic E-state index is 0.226. The molecule has 0 aliphatic carbocycles. The molecule has 1 aliphatic rings. The molecule has 11 heteroatoms. The van der Waals surface area contributed by atoms with Gasteiger partial charge in [0.1, 0.15) is 18.8 Å². The smallest absolute Gasteiger partial charge is 0.303 e. The van der Waals surface area contributed by atoms with Gasteiger partial charge in [-0.2, -0.15) is 0 Å². The predicted octanol–water partition coefficient (Wildman–Crippen LogP) is -0.269. The second-order valence-corrected chi connectivity index (χ2v) is 6.00. The van der Waals surface area contributed by atoms with Gasteiger partial charge in [0, 0.05) is 41.9 Å². The number of esters is 4. The lowest BCUT2D eigenvalue weighted by molar-refractivity contribution is -0.313. The number of carbonyl (C=O) groups is 4. The van der Waals surface area contributed by atoms with Gasteiger partial charge in [0.25, 0.3) is 0 Å². The highest BCUT2D eigenvalue weighted by atomic mass is 16.7. The Hall–Kier alpha value is -2.24. The molecule has 160 valence electrons. The van der Waals surface area contributed by atoms with Crippen LogP contribution < -0.4 is 0 Å². The van der Waals surface area contributed by atoms with Crippen LogP contribution in [0.3, 0.4) is 0 Å². The number of ether oxygens (including phenoxy) is 7. The molecule has 1 fully saturated rings. The summed E-state index contributed by atoms with van der Waals surface area (Å²) < 4.78 is 37.1. The molecular formula is C17H26O11. The van der Waals surface area contributed by atoms with Crippen LogP contribution in [0, 0.1) is 0 Å². The van der Waals surface area contributed by atoms with Crippen LogP contribution in [0.25, 0.3) is 0 Å². The maximum Gasteiger partial charge on any atom is 0.303 e. The Balaban J connectivity index is 3.31. The van der Waals surface area contributed by atoms with E-state index in [-0.39, 0.29) is 6.61 Å². The Morgan fingerprint density at radius 1 is 0.786 bits per heavy atom. The van der Waals surface area contributed by atoms with Crippen molar-refractivity contribution in [3.63, 3.8) is 0 Å². The summed E-state index contributed by atoms with van der Waals surface area (Å²) in [6.07, 6.45) is -6.81. The lowest BCUT2D eigenvalue weighted by Crippen LogP contribution is -2.65. The van der Waals surface area contributed by atoms with Crippen molar-refractivity contribution in [2.24, 2.45) is 0 Å². The lowest BCUT2D eigenvalue weighted by atomic mass is 9.94. The highest BCUT2D eigenvalue weighted by molar-refractivity contribution is 5.68. The van der Waals surface area contributed by atoms with E-state index in [2.05, 4.69) is 0 Å². The fraction of sp³-hybridized carbons (Fsp3) is 0.765. The quantitative estimate of drug-likeness (QED) is 0.389. The second-order valence-electron chi connectivity index (χ2n) is 6.00. The highest BCUT2D eigenvalue weighted by Gasteiger charge is 2.54. The molecule has 0 N–H and O–H groups in total. The van der Waals surface area contributed by atoms with E-state index in [1.807, 2.05) is 0 Å². The summed E-state index contributed by atoms with van der Waals surface area (Å²) in [7, 11) is 2.63. The van der Waals surface area contributed by atoms with Crippen LogP contribution in [0.2, 0.25) is 0 Å². The maximum absolute atomic E-state index is 11.7. The zero-order valence-electron chi connectivity index (χ0n) is 16.7. The average molecular weight is 406 g/mol. The molecule has 0 radical (unpaired) electrons. The third kappa shape index (κ3) is 6.73. The van der Waals surface area contributed by atoms with Crippen LogP contribution in [0.1, 0.15) is 27.7 Å². The van der Waals surface area contributed by atoms with Gasteiger partial charge >= 0.3 is 23.9 Å². The minimum Gasteiger partial charge on any atom is -0.463 e. The lowest BCUT2D eigenvalue weighted by Gasteiger charge is -2.45. The molecule has 1 rings (SSSR count). The normalized spacial score (nSPS) is 28.0. The van der Waals surface area contributed by atoms with Crippen LogP contribution in [-0.4, -0.2) is 81.5 Å². The monoisotopic (exact) mass is 406 g/mol. The number of hydrogen-bond acceptors (Lipinski definition) is 11. The van der Waals surface area contributed by atoms with E-state index in [4.69, 9.17) is 33.2 Å². The predicted molar refractivity (Wildman–Crippen MR) is 89.8 cm³/mol. The summed E-state index contributed by atoms with van der Waals surface area (Å²) >= 11 is 0. The summed E-state index contributed by atoms with van der Waals surface area (Å²) in [5, 5.41) is 0. The highest BCUT2D eigenvalue weighted by Crippen LogP contribution is 2.31. The molecule has 0 spiro atoms. The van der Waals surface area contributed by atoms with E-state index in [1.165, 1.54) is 21.1 Å². The van der Waals surface area contributed by atoms with Crippen molar-refractivity contribution in [1.82, 2.24) is 0 Å². The molecule has 1 heterocycles. The van der Waals surface area contributed by atoms with Crippen molar-refractivity contribution in [1.29, 1.82) is 0 Å². The van der Waals surface area contributed by atoms with Crippen molar-refractivity contribution in [3.05, 3.63) is 0 Å².